The van der Waals surface area contributed by atoms with E-state index in [0.29, 0.717) is 49.4 Å². The number of Topliss-reactive ketones (excluding diaryl/α,β-unsaturated/α-hetero) is 1. The van der Waals surface area contributed by atoms with Gasteiger partial charge in [-0.1, -0.05) is 106 Å². The SMILES string of the molecule is C.C=CC1OC(/C=C\C2OC(/C=C/c3ccccc3)C3C(=O)N(CCCC)C(=O)C23)C2C(=O)N(CCOCCOCCCC(=O)c3ccnc(-c4cc(C)ccn4)c3)C(=O)C12.[Ru].c1ccc(-c2ccccn2)nc1.c1ccc(-c2ccccn2)nc1. The molecule has 8 unspecified atom stereocenters. The molecule has 11 rings (SSSR count). The summed E-state index contributed by atoms with van der Waals surface area (Å²) in [6.45, 7) is 9.31. The Bertz CT molecular complexity index is 3230. The van der Waals surface area contributed by atoms with Gasteiger partial charge in [-0.05, 0) is 104 Å². The number of fused-ring (bicyclic) bond motifs is 2. The number of nitrogens with zero attached hydrogens (tertiary/aromatic N) is 8. The van der Waals surface area contributed by atoms with Crippen molar-refractivity contribution in [3.8, 4) is 34.2 Å². The van der Waals surface area contributed by atoms with Gasteiger partial charge in [-0.3, -0.25) is 63.7 Å². The molecule has 4 aliphatic heterocycles. The van der Waals surface area contributed by atoms with Gasteiger partial charge in [-0.15, -0.1) is 6.58 Å². The van der Waals surface area contributed by atoms with Gasteiger partial charge < -0.3 is 18.9 Å². The van der Waals surface area contributed by atoms with Gasteiger partial charge in [0.05, 0.1) is 109 Å². The van der Waals surface area contributed by atoms with Crippen LogP contribution in [0, 0.1) is 30.6 Å². The van der Waals surface area contributed by atoms with Crippen molar-refractivity contribution in [3.05, 3.63) is 212 Å². The number of hydrogen-bond donors (Lipinski definition) is 0. The van der Waals surface area contributed by atoms with Crippen molar-refractivity contribution in [2.24, 2.45) is 23.7 Å². The molecule has 0 spiro atoms. The molecule has 6 aromatic heterocycles. The molecule has 0 N–H and O–H groups in total. The van der Waals surface area contributed by atoms with Crippen molar-refractivity contribution in [1.82, 2.24) is 39.7 Å². The van der Waals surface area contributed by atoms with Crippen molar-refractivity contribution < 1.29 is 62.4 Å². The Morgan fingerprint density at radius 3 is 1.44 bits per heavy atom. The molecule has 0 aliphatic carbocycles. The van der Waals surface area contributed by atoms with E-state index in [-0.39, 0.29) is 82.7 Å². The third kappa shape index (κ3) is 16.6. The van der Waals surface area contributed by atoms with Crippen LogP contribution in [0.1, 0.15) is 61.5 Å². The fraction of sp³-hybridized carbons (Fsp3) is 0.309. The van der Waals surface area contributed by atoms with E-state index >= 15 is 0 Å². The molecule has 4 fully saturated rings. The first kappa shape index (κ1) is 65.3. The Balaban J connectivity index is 0.000000332. The van der Waals surface area contributed by atoms with Crippen LogP contribution in [0.2, 0.25) is 0 Å². The molecule has 4 saturated heterocycles. The van der Waals surface area contributed by atoms with E-state index in [9.17, 15) is 24.0 Å². The normalized spacial score (nSPS) is 21.0. The van der Waals surface area contributed by atoms with Crippen LogP contribution >= 0.6 is 0 Å². The zero-order valence-electron chi connectivity index (χ0n) is 47.5. The quantitative estimate of drug-likeness (QED) is 0.0203. The summed E-state index contributed by atoms with van der Waals surface area (Å²) in [6.07, 6.45) is 18.7. The van der Waals surface area contributed by atoms with Crippen molar-refractivity contribution in [2.45, 2.75) is 71.4 Å². The van der Waals surface area contributed by atoms with Crippen molar-refractivity contribution in [1.29, 1.82) is 0 Å². The molecule has 7 aromatic rings. The Labute approximate surface area is 515 Å². The summed E-state index contributed by atoms with van der Waals surface area (Å²) in [6, 6.07) is 40.1. The fourth-order valence-corrected chi connectivity index (χ4v) is 10.5. The van der Waals surface area contributed by atoms with Crippen molar-refractivity contribution in [2.75, 3.05) is 39.5 Å². The van der Waals surface area contributed by atoms with Gasteiger partial charge in [-0.25, -0.2) is 0 Å². The summed E-state index contributed by atoms with van der Waals surface area (Å²) in [7, 11) is 0. The van der Waals surface area contributed by atoms with Crippen LogP contribution < -0.4 is 0 Å². The molecule has 18 heteroatoms. The maximum absolute atomic E-state index is 13.8. The number of carbonyl (C=O) groups excluding carboxylic acids is 5. The number of carbonyl (C=O) groups is 5. The average Bonchev–Trinajstić information content (AvgIpc) is 1.81. The topological polar surface area (TPSA) is 206 Å². The number of rotatable bonds is 22. The molecule has 17 nitrogen and oxygen atoms in total. The summed E-state index contributed by atoms with van der Waals surface area (Å²) in [5.41, 5.74) is 7.60. The summed E-state index contributed by atoms with van der Waals surface area (Å²) < 4.78 is 23.9. The standard InChI is InChI=1S/C47H52N4O9.2C10H8N2.CH4.Ru/c1-4-6-22-50-45(54)42-37(15-14-31-11-8-7-9-12-31)60-39(43(42)46(50)55)17-16-38-41-40(36(5-2)59-38)44(53)51(47(41)56)23-25-58-27-26-57-24-10-13-35(52)32-19-21-49-34(29-32)33-28-30(3)18-20-48-33;2*1-3-7-11-9(5-1)10-6-2-4-8-12-10;;/h5,7-9,11-12,14-21,28-29,36-43H,2,4,6,10,13,22-27H2,1,3H3;2*1-8H;1H4;/b15-14+,17-16-;;;;. The molecule has 86 heavy (non-hydrogen) atoms. The molecule has 446 valence electrons. The zero-order chi connectivity index (χ0) is 58.6. The molecule has 0 bridgehead atoms. The largest absolute Gasteiger partial charge is 0.379 e. The van der Waals surface area contributed by atoms with E-state index in [4.69, 9.17) is 18.9 Å². The van der Waals surface area contributed by atoms with Crippen LogP contribution in [0.5, 0.6) is 0 Å². The molecule has 4 amide bonds. The second-order valence-corrected chi connectivity index (χ2v) is 20.4. The van der Waals surface area contributed by atoms with Gasteiger partial charge in [0.15, 0.2) is 5.78 Å². The number of unbranched alkanes of at least 4 members (excludes halogenated alkanes) is 1. The van der Waals surface area contributed by atoms with Gasteiger partial charge >= 0.3 is 0 Å². The minimum absolute atomic E-state index is 0. The third-order valence-electron chi connectivity index (χ3n) is 14.7. The second-order valence-electron chi connectivity index (χ2n) is 20.4. The van der Waals surface area contributed by atoms with Gasteiger partial charge in [0.1, 0.15) is 0 Å². The predicted molar refractivity (Wildman–Crippen MR) is 324 cm³/mol. The molecule has 4 aliphatic rings. The number of hydrogen-bond acceptors (Lipinski definition) is 15. The van der Waals surface area contributed by atoms with Crippen molar-refractivity contribution in [3.63, 3.8) is 0 Å². The van der Waals surface area contributed by atoms with Crippen molar-refractivity contribution >= 4 is 35.5 Å². The number of imide groups is 2. The molecular formula is C68H72N8O9Ru. The van der Waals surface area contributed by atoms with Gasteiger partial charge in [0, 0.05) is 81.8 Å². The maximum Gasteiger partial charge on any atom is 0.236 e. The summed E-state index contributed by atoms with van der Waals surface area (Å²) in [5, 5.41) is 0. The molecule has 10 heterocycles. The minimum Gasteiger partial charge on any atom is -0.379 e. The molecular weight excluding hydrogens is 1170 g/mol. The number of pyridine rings is 6. The van der Waals surface area contributed by atoms with E-state index < -0.39 is 48.1 Å². The number of aryl methyl sites for hydroxylation is 1. The number of likely N-dealkylation sites (tertiary alicyclic amines) is 2. The van der Waals surface area contributed by atoms with E-state index in [1.54, 1.807) is 61.5 Å². The first-order chi connectivity index (χ1) is 41.1. The first-order valence-corrected chi connectivity index (χ1v) is 28.4. The van der Waals surface area contributed by atoms with Crippen LogP contribution in [0.25, 0.3) is 40.2 Å². The number of benzene rings is 1. The number of ketones is 1. The van der Waals surface area contributed by atoms with Gasteiger partial charge in [0.25, 0.3) is 0 Å². The van der Waals surface area contributed by atoms with E-state index in [2.05, 4.69) is 36.5 Å². The Morgan fingerprint density at radius 2 is 0.953 bits per heavy atom. The average molecular weight is 1250 g/mol. The third-order valence-corrected chi connectivity index (χ3v) is 14.7. The summed E-state index contributed by atoms with van der Waals surface area (Å²) >= 11 is 0. The number of aromatic nitrogens is 6. The smallest absolute Gasteiger partial charge is 0.236 e. The minimum atomic E-state index is -0.784. The summed E-state index contributed by atoms with van der Waals surface area (Å²) in [5.74, 6) is -4.13. The van der Waals surface area contributed by atoms with Crippen LogP contribution in [0.3, 0.4) is 0 Å². The van der Waals surface area contributed by atoms with E-state index in [1.807, 2.05) is 141 Å². The number of ether oxygens (including phenoxy) is 4. The maximum atomic E-state index is 13.8. The van der Waals surface area contributed by atoms with Gasteiger partial charge in [-0.2, -0.15) is 0 Å². The Kier molecular flexibility index (Phi) is 25.0. The van der Waals surface area contributed by atoms with E-state index in [1.165, 1.54) is 15.9 Å². The molecule has 1 aromatic carbocycles. The Hall–Kier alpha value is -8.25. The van der Waals surface area contributed by atoms with Gasteiger partial charge in [0.2, 0.25) is 23.6 Å². The molecule has 0 saturated carbocycles. The molecule has 8 atom stereocenters. The summed E-state index contributed by atoms with van der Waals surface area (Å²) in [4.78, 5) is 95.5. The first-order valence-electron chi connectivity index (χ1n) is 28.4. The van der Waals surface area contributed by atoms with Crippen LogP contribution in [0.15, 0.2) is 195 Å². The van der Waals surface area contributed by atoms with Crippen LogP contribution in [0.4, 0.5) is 0 Å². The monoisotopic (exact) mass is 1250 g/mol. The number of amides is 4. The molecule has 0 radical (unpaired) electrons. The second kappa shape index (κ2) is 32.9. The zero-order valence-corrected chi connectivity index (χ0v) is 49.2. The predicted octanol–water partition coefficient (Wildman–Crippen LogP) is 10.4. The van der Waals surface area contributed by atoms with Crippen LogP contribution in [-0.2, 0) is 57.6 Å². The fourth-order valence-electron chi connectivity index (χ4n) is 10.5. The Morgan fingerprint density at radius 1 is 0.512 bits per heavy atom. The van der Waals surface area contributed by atoms with E-state index in [0.717, 1.165) is 40.3 Å². The van der Waals surface area contributed by atoms with Crippen LogP contribution in [-0.4, -0.2) is 133 Å².